The van der Waals surface area contributed by atoms with Gasteiger partial charge in [0, 0.05) is 16.6 Å². The van der Waals surface area contributed by atoms with E-state index in [1.165, 1.54) is 6.20 Å². The number of carbonyl (C=O) groups is 1. The van der Waals surface area contributed by atoms with Crippen molar-refractivity contribution < 1.29 is 4.79 Å². The van der Waals surface area contributed by atoms with E-state index >= 15 is 0 Å². The van der Waals surface area contributed by atoms with E-state index < -0.39 is 0 Å². The second kappa shape index (κ2) is 5.38. The molecule has 0 aliphatic carbocycles. The normalized spacial score (nSPS) is 10.5. The minimum Gasteiger partial charge on any atom is -0.397 e. The highest BCUT2D eigenvalue weighted by molar-refractivity contribution is 6.32. The van der Waals surface area contributed by atoms with Crippen molar-refractivity contribution in [3.8, 4) is 0 Å². The number of fused-ring (bicyclic) bond motifs is 1. The van der Waals surface area contributed by atoms with Gasteiger partial charge in [-0.1, -0.05) is 17.7 Å². The first-order valence-corrected chi connectivity index (χ1v) is 6.58. The van der Waals surface area contributed by atoms with Crippen LogP contribution in [0.15, 0.2) is 48.8 Å². The molecule has 0 saturated heterocycles. The molecule has 0 bridgehead atoms. The van der Waals surface area contributed by atoms with E-state index in [1.807, 2.05) is 12.1 Å². The van der Waals surface area contributed by atoms with Crippen molar-refractivity contribution >= 4 is 39.8 Å². The number of nitrogens with two attached hydrogens (primary N) is 1. The number of anilines is 2. The summed E-state index contributed by atoms with van der Waals surface area (Å²) in [6.07, 6.45) is 3.09. The summed E-state index contributed by atoms with van der Waals surface area (Å²) in [4.78, 5) is 20.5. The predicted octanol–water partition coefficient (Wildman–Crippen LogP) is 3.12. The predicted molar refractivity (Wildman–Crippen MR) is 83.4 cm³/mol. The largest absolute Gasteiger partial charge is 0.397 e. The highest BCUT2D eigenvalue weighted by Crippen LogP contribution is 2.26. The van der Waals surface area contributed by atoms with Gasteiger partial charge in [-0.15, -0.1) is 0 Å². The van der Waals surface area contributed by atoms with Crippen LogP contribution in [0.4, 0.5) is 11.4 Å². The van der Waals surface area contributed by atoms with Crippen molar-refractivity contribution in [1.82, 2.24) is 9.97 Å². The number of halogens is 1. The Morgan fingerprint density at radius 2 is 2.05 bits per heavy atom. The topological polar surface area (TPSA) is 80.9 Å². The second-order valence-electron chi connectivity index (χ2n) is 4.46. The van der Waals surface area contributed by atoms with Crippen molar-refractivity contribution in [1.29, 1.82) is 0 Å². The van der Waals surface area contributed by atoms with Crippen molar-refractivity contribution in [2.24, 2.45) is 0 Å². The Morgan fingerprint density at radius 3 is 2.81 bits per heavy atom. The average Bonchev–Trinajstić information content (AvgIpc) is 2.47. The number of hydrogen-bond donors (Lipinski definition) is 2. The van der Waals surface area contributed by atoms with Gasteiger partial charge in [-0.25, -0.2) is 4.98 Å². The quantitative estimate of drug-likeness (QED) is 0.761. The second-order valence-corrected chi connectivity index (χ2v) is 4.90. The minimum absolute atomic E-state index is 0.272. The van der Waals surface area contributed by atoms with Gasteiger partial charge in [0.25, 0.3) is 5.91 Å². The Bertz CT molecular complexity index is 818. The molecule has 0 aliphatic rings. The van der Waals surface area contributed by atoms with Gasteiger partial charge in [-0.3, -0.25) is 9.78 Å². The van der Waals surface area contributed by atoms with E-state index in [4.69, 9.17) is 17.3 Å². The van der Waals surface area contributed by atoms with Crippen molar-refractivity contribution in [3.05, 3.63) is 59.5 Å². The van der Waals surface area contributed by atoms with E-state index in [0.717, 1.165) is 5.39 Å². The smallest absolute Gasteiger partial charge is 0.274 e. The molecule has 0 unspecified atom stereocenters. The number of aromatic nitrogens is 2. The van der Waals surface area contributed by atoms with E-state index in [1.54, 1.807) is 30.5 Å². The zero-order chi connectivity index (χ0) is 14.8. The molecule has 1 amide bonds. The molecule has 5 nitrogen and oxygen atoms in total. The first-order chi connectivity index (χ1) is 10.1. The summed E-state index contributed by atoms with van der Waals surface area (Å²) in [6.45, 7) is 0. The summed E-state index contributed by atoms with van der Waals surface area (Å²) in [5.41, 5.74) is 7.54. The van der Waals surface area contributed by atoms with E-state index in [9.17, 15) is 4.79 Å². The van der Waals surface area contributed by atoms with Crippen LogP contribution in [-0.2, 0) is 0 Å². The Morgan fingerprint density at radius 1 is 1.19 bits per heavy atom. The summed E-state index contributed by atoms with van der Waals surface area (Å²) in [5, 5.41) is 4.15. The number of nitrogen functional groups attached to an aromatic ring is 1. The molecular formula is C15H11ClN4O. The van der Waals surface area contributed by atoms with Crippen molar-refractivity contribution in [2.75, 3.05) is 11.1 Å². The van der Waals surface area contributed by atoms with Crippen molar-refractivity contribution in [3.63, 3.8) is 0 Å². The zero-order valence-corrected chi connectivity index (χ0v) is 11.6. The maximum Gasteiger partial charge on any atom is 0.274 e. The minimum atomic E-state index is -0.343. The lowest BCUT2D eigenvalue weighted by molar-refractivity contribution is 0.102. The lowest BCUT2D eigenvalue weighted by atomic mass is 10.2. The zero-order valence-electron chi connectivity index (χ0n) is 10.9. The number of benzene rings is 1. The highest BCUT2D eigenvalue weighted by Gasteiger charge is 2.11. The van der Waals surface area contributed by atoms with Gasteiger partial charge in [-0.05, 0) is 30.3 Å². The first kappa shape index (κ1) is 13.3. The molecule has 21 heavy (non-hydrogen) atoms. The van der Waals surface area contributed by atoms with Gasteiger partial charge in [0.1, 0.15) is 5.69 Å². The molecule has 3 N–H and O–H groups in total. The molecule has 104 valence electrons. The summed E-state index contributed by atoms with van der Waals surface area (Å²) < 4.78 is 0. The Balaban J connectivity index is 1.98. The van der Waals surface area contributed by atoms with E-state index in [0.29, 0.717) is 21.9 Å². The molecule has 0 spiro atoms. The number of rotatable bonds is 2. The highest BCUT2D eigenvalue weighted by atomic mass is 35.5. The van der Waals surface area contributed by atoms with Crippen LogP contribution in [0.25, 0.3) is 10.9 Å². The van der Waals surface area contributed by atoms with Crippen molar-refractivity contribution in [2.45, 2.75) is 0 Å². The molecule has 1 aromatic carbocycles. The van der Waals surface area contributed by atoms with E-state index in [-0.39, 0.29) is 11.6 Å². The lowest BCUT2D eigenvalue weighted by Gasteiger charge is -2.08. The molecule has 2 heterocycles. The third-order valence-electron chi connectivity index (χ3n) is 2.94. The molecule has 0 atom stereocenters. The third-order valence-corrected chi connectivity index (χ3v) is 3.16. The standard InChI is InChI=1S/C15H11ClN4O/c16-10-6-9-2-1-5-18-14(9)13(7-10)20-15(21)12-4-3-11(17)8-19-12/h1-8H,17H2,(H,20,21). The number of nitrogens with zero attached hydrogens (tertiary/aromatic N) is 2. The molecule has 6 heteroatoms. The average molecular weight is 299 g/mol. The summed E-state index contributed by atoms with van der Waals surface area (Å²) in [6, 6.07) is 10.3. The molecule has 3 rings (SSSR count). The van der Waals surface area contributed by atoms with Gasteiger partial charge < -0.3 is 11.1 Å². The molecular weight excluding hydrogens is 288 g/mol. The molecule has 3 aromatic rings. The van der Waals surface area contributed by atoms with Gasteiger partial charge in [0.15, 0.2) is 0 Å². The van der Waals surface area contributed by atoms with Gasteiger partial charge >= 0.3 is 0 Å². The number of nitrogens with one attached hydrogen (secondary N) is 1. The van der Waals surface area contributed by atoms with Gasteiger partial charge in [0.2, 0.25) is 0 Å². The van der Waals surface area contributed by atoms with Crippen LogP contribution >= 0.6 is 11.6 Å². The van der Waals surface area contributed by atoms with Crippen LogP contribution in [0.2, 0.25) is 5.02 Å². The fourth-order valence-corrected chi connectivity index (χ4v) is 2.20. The van der Waals surface area contributed by atoms with Crippen LogP contribution in [0, 0.1) is 0 Å². The van der Waals surface area contributed by atoms with Crippen LogP contribution in [0.3, 0.4) is 0 Å². The van der Waals surface area contributed by atoms with Gasteiger partial charge in [0.05, 0.1) is 23.1 Å². The Kier molecular flexibility index (Phi) is 3.41. The molecule has 0 radical (unpaired) electrons. The Hall–Kier alpha value is -2.66. The Labute approximate surface area is 125 Å². The number of hydrogen-bond acceptors (Lipinski definition) is 4. The maximum absolute atomic E-state index is 12.2. The number of pyridine rings is 2. The first-order valence-electron chi connectivity index (χ1n) is 6.20. The van der Waals surface area contributed by atoms with Crippen LogP contribution in [0.1, 0.15) is 10.5 Å². The number of amides is 1. The van der Waals surface area contributed by atoms with Gasteiger partial charge in [-0.2, -0.15) is 0 Å². The fraction of sp³-hybridized carbons (Fsp3) is 0. The fourth-order valence-electron chi connectivity index (χ4n) is 1.98. The van der Waals surface area contributed by atoms with Crippen LogP contribution in [0.5, 0.6) is 0 Å². The van der Waals surface area contributed by atoms with Crippen LogP contribution in [-0.4, -0.2) is 15.9 Å². The molecule has 0 aliphatic heterocycles. The SMILES string of the molecule is Nc1ccc(C(=O)Nc2cc(Cl)cc3cccnc23)nc1. The summed E-state index contributed by atoms with van der Waals surface area (Å²) >= 11 is 6.06. The monoisotopic (exact) mass is 298 g/mol. The lowest BCUT2D eigenvalue weighted by Crippen LogP contribution is -2.14. The summed E-state index contributed by atoms with van der Waals surface area (Å²) in [5.74, 6) is -0.343. The number of carbonyl (C=O) groups excluding carboxylic acids is 1. The molecule has 2 aromatic heterocycles. The third kappa shape index (κ3) is 2.78. The van der Waals surface area contributed by atoms with E-state index in [2.05, 4.69) is 15.3 Å². The van der Waals surface area contributed by atoms with Crippen LogP contribution < -0.4 is 11.1 Å². The summed E-state index contributed by atoms with van der Waals surface area (Å²) in [7, 11) is 0. The molecule has 0 saturated carbocycles. The molecule has 0 fully saturated rings. The maximum atomic E-state index is 12.2.